The number of aromatic nitrogens is 2. The molecular formula is C19H20BrN3O4S. The van der Waals surface area contributed by atoms with Gasteiger partial charge in [-0.1, -0.05) is 12.1 Å². The number of rotatable bonds is 3. The standard InChI is InChI=1S/C19H20BrN3O4S/c1-19(2,3)27-18(24)22(4)14-8-9-23(12-14)28(25,26)16-7-5-6-13-10-21-11-15(20)17(13)16/h5-12H,1-4H3. The number of ether oxygens (including phenoxy) is 1. The van der Waals surface area contributed by atoms with E-state index in [0.29, 0.717) is 20.9 Å². The van der Waals surface area contributed by atoms with Crippen molar-refractivity contribution in [2.45, 2.75) is 31.3 Å². The number of hydrogen-bond acceptors (Lipinski definition) is 5. The van der Waals surface area contributed by atoms with Gasteiger partial charge in [0.1, 0.15) is 5.60 Å². The monoisotopic (exact) mass is 465 g/mol. The summed E-state index contributed by atoms with van der Waals surface area (Å²) < 4.78 is 33.4. The van der Waals surface area contributed by atoms with E-state index < -0.39 is 21.7 Å². The van der Waals surface area contributed by atoms with Crippen LogP contribution < -0.4 is 4.90 Å². The molecule has 0 N–H and O–H groups in total. The van der Waals surface area contributed by atoms with E-state index in [1.165, 1.54) is 24.3 Å². The fourth-order valence-corrected chi connectivity index (χ4v) is 4.76. The minimum atomic E-state index is -3.88. The average Bonchev–Trinajstić information content (AvgIpc) is 3.10. The Kier molecular flexibility index (Phi) is 5.24. The topological polar surface area (TPSA) is 81.5 Å². The van der Waals surface area contributed by atoms with E-state index in [1.54, 1.807) is 57.4 Å². The smallest absolute Gasteiger partial charge is 0.414 e. The lowest BCUT2D eigenvalue weighted by Gasteiger charge is -2.24. The normalized spacial score (nSPS) is 12.2. The molecule has 1 aromatic carbocycles. The molecule has 7 nitrogen and oxygen atoms in total. The van der Waals surface area contributed by atoms with Crippen molar-refractivity contribution in [3.63, 3.8) is 0 Å². The molecule has 148 valence electrons. The summed E-state index contributed by atoms with van der Waals surface area (Å²) in [6.45, 7) is 5.30. The molecule has 2 heterocycles. The van der Waals surface area contributed by atoms with Crippen LogP contribution >= 0.6 is 15.9 Å². The van der Waals surface area contributed by atoms with Crippen LogP contribution in [0.1, 0.15) is 20.8 Å². The third kappa shape index (κ3) is 3.90. The van der Waals surface area contributed by atoms with Gasteiger partial charge in [-0.05, 0) is 48.8 Å². The molecule has 0 radical (unpaired) electrons. The number of hydrogen-bond donors (Lipinski definition) is 0. The second-order valence-corrected chi connectivity index (χ2v) is 9.89. The van der Waals surface area contributed by atoms with Crippen molar-refractivity contribution >= 4 is 48.5 Å². The first kappa shape index (κ1) is 20.3. The number of carbonyl (C=O) groups excluding carboxylic acids is 1. The summed E-state index contributed by atoms with van der Waals surface area (Å²) in [5, 5.41) is 1.25. The molecule has 2 aromatic heterocycles. The Labute approximate surface area is 172 Å². The Bertz CT molecular complexity index is 1140. The largest absolute Gasteiger partial charge is 0.443 e. The molecule has 9 heteroatoms. The van der Waals surface area contributed by atoms with Crippen molar-refractivity contribution in [1.29, 1.82) is 0 Å². The first-order valence-electron chi connectivity index (χ1n) is 8.43. The van der Waals surface area contributed by atoms with Crippen LogP contribution in [0.3, 0.4) is 0 Å². The van der Waals surface area contributed by atoms with Crippen LogP contribution in [0.2, 0.25) is 0 Å². The summed E-state index contributed by atoms with van der Waals surface area (Å²) in [6, 6.07) is 6.55. The molecule has 3 rings (SSSR count). The van der Waals surface area contributed by atoms with Crippen LogP contribution in [0.15, 0.2) is 58.4 Å². The van der Waals surface area contributed by atoms with Gasteiger partial charge in [-0.25, -0.2) is 17.2 Å². The number of nitrogens with zero attached hydrogens (tertiary/aromatic N) is 3. The molecular weight excluding hydrogens is 446 g/mol. The predicted octanol–water partition coefficient (Wildman–Crippen LogP) is 4.41. The van der Waals surface area contributed by atoms with Gasteiger partial charge in [0.15, 0.2) is 0 Å². The summed E-state index contributed by atoms with van der Waals surface area (Å²) >= 11 is 3.38. The molecule has 0 saturated heterocycles. The molecule has 0 atom stereocenters. The lowest BCUT2D eigenvalue weighted by Crippen LogP contribution is -2.34. The number of fused-ring (bicyclic) bond motifs is 1. The lowest BCUT2D eigenvalue weighted by atomic mass is 10.2. The first-order valence-corrected chi connectivity index (χ1v) is 10.7. The van der Waals surface area contributed by atoms with Crippen LogP contribution in [0.5, 0.6) is 0 Å². The third-order valence-electron chi connectivity index (χ3n) is 3.96. The maximum absolute atomic E-state index is 13.2. The molecule has 0 bridgehead atoms. The number of halogens is 1. The maximum Gasteiger partial charge on any atom is 0.414 e. The van der Waals surface area contributed by atoms with Gasteiger partial charge >= 0.3 is 6.09 Å². The Morgan fingerprint density at radius 2 is 1.93 bits per heavy atom. The molecule has 0 aliphatic carbocycles. The highest BCUT2D eigenvalue weighted by Crippen LogP contribution is 2.31. The van der Waals surface area contributed by atoms with E-state index in [0.717, 1.165) is 3.97 Å². The highest BCUT2D eigenvalue weighted by Gasteiger charge is 2.24. The molecule has 0 saturated carbocycles. The van der Waals surface area contributed by atoms with E-state index >= 15 is 0 Å². The molecule has 0 aliphatic heterocycles. The van der Waals surface area contributed by atoms with Gasteiger partial charge in [0, 0.05) is 47.1 Å². The minimum Gasteiger partial charge on any atom is -0.443 e. The third-order valence-corrected chi connectivity index (χ3v) is 6.24. The molecule has 0 unspecified atom stereocenters. The SMILES string of the molecule is CN(C(=O)OC(C)(C)C)c1ccn(S(=O)(=O)c2cccc3cncc(Br)c23)c1. The molecule has 1 amide bonds. The van der Waals surface area contributed by atoms with E-state index in [4.69, 9.17) is 4.74 Å². The second-order valence-electron chi connectivity index (χ2n) is 7.22. The molecule has 28 heavy (non-hydrogen) atoms. The summed E-state index contributed by atoms with van der Waals surface area (Å²) in [5.74, 6) is 0. The van der Waals surface area contributed by atoms with Gasteiger partial charge in [0.2, 0.25) is 0 Å². The van der Waals surface area contributed by atoms with Gasteiger partial charge < -0.3 is 4.74 Å². The van der Waals surface area contributed by atoms with Crippen molar-refractivity contribution in [2.24, 2.45) is 0 Å². The van der Waals surface area contributed by atoms with Gasteiger partial charge in [-0.15, -0.1) is 0 Å². The summed E-state index contributed by atoms with van der Waals surface area (Å²) in [7, 11) is -2.35. The van der Waals surface area contributed by atoms with Crippen molar-refractivity contribution < 1.29 is 17.9 Å². The zero-order valence-electron chi connectivity index (χ0n) is 15.9. The zero-order valence-corrected chi connectivity index (χ0v) is 18.3. The van der Waals surface area contributed by atoms with Crippen LogP contribution in [0.25, 0.3) is 10.8 Å². The second kappa shape index (κ2) is 7.21. The van der Waals surface area contributed by atoms with Crippen LogP contribution in [-0.4, -0.2) is 36.1 Å². The Hall–Kier alpha value is -2.39. The fraction of sp³-hybridized carbons (Fsp3) is 0.263. The zero-order chi connectivity index (χ0) is 20.7. The average molecular weight is 466 g/mol. The van der Waals surface area contributed by atoms with Crippen molar-refractivity contribution in [2.75, 3.05) is 11.9 Å². The van der Waals surface area contributed by atoms with E-state index in [2.05, 4.69) is 20.9 Å². The number of pyridine rings is 1. The van der Waals surface area contributed by atoms with Gasteiger partial charge in [0.05, 0.1) is 10.6 Å². The lowest BCUT2D eigenvalue weighted by molar-refractivity contribution is 0.0589. The number of amides is 1. The fourth-order valence-electron chi connectivity index (χ4n) is 2.64. The Morgan fingerprint density at radius 3 is 2.61 bits per heavy atom. The number of carbonyl (C=O) groups is 1. The molecule has 0 spiro atoms. The summed E-state index contributed by atoms with van der Waals surface area (Å²) in [6.07, 6.45) is 5.38. The quantitative estimate of drug-likeness (QED) is 0.572. The molecule has 0 aliphatic rings. The summed E-state index contributed by atoms with van der Waals surface area (Å²) in [5.41, 5.74) is -0.248. The van der Waals surface area contributed by atoms with Crippen LogP contribution in [-0.2, 0) is 14.8 Å². The number of benzene rings is 1. The van der Waals surface area contributed by atoms with E-state index in [-0.39, 0.29) is 4.90 Å². The minimum absolute atomic E-state index is 0.140. The van der Waals surface area contributed by atoms with Crippen molar-refractivity contribution in [3.8, 4) is 0 Å². The van der Waals surface area contributed by atoms with Crippen molar-refractivity contribution in [3.05, 3.63) is 53.5 Å². The Balaban J connectivity index is 2.01. The first-order chi connectivity index (χ1) is 13.0. The molecule has 3 aromatic rings. The number of anilines is 1. The highest BCUT2D eigenvalue weighted by atomic mass is 79.9. The van der Waals surface area contributed by atoms with Crippen molar-refractivity contribution in [1.82, 2.24) is 8.96 Å². The summed E-state index contributed by atoms with van der Waals surface area (Å²) in [4.78, 5) is 17.7. The molecule has 0 fully saturated rings. The highest BCUT2D eigenvalue weighted by molar-refractivity contribution is 9.10. The van der Waals surface area contributed by atoms with E-state index in [9.17, 15) is 13.2 Å². The maximum atomic E-state index is 13.2. The predicted molar refractivity (Wildman–Crippen MR) is 111 cm³/mol. The van der Waals surface area contributed by atoms with Gasteiger partial charge in [-0.3, -0.25) is 9.88 Å². The Morgan fingerprint density at radius 1 is 1.21 bits per heavy atom. The van der Waals surface area contributed by atoms with Crippen LogP contribution in [0.4, 0.5) is 10.5 Å². The van der Waals surface area contributed by atoms with Gasteiger partial charge in [0.25, 0.3) is 10.0 Å². The van der Waals surface area contributed by atoms with E-state index in [1.807, 2.05) is 0 Å². The van der Waals surface area contributed by atoms with Gasteiger partial charge in [-0.2, -0.15) is 0 Å². The van der Waals surface area contributed by atoms with Crippen LogP contribution in [0, 0.1) is 0 Å².